The highest BCUT2D eigenvalue weighted by molar-refractivity contribution is 4.64. The van der Waals surface area contributed by atoms with Crippen molar-refractivity contribution in [2.75, 3.05) is 19.8 Å². The molecule has 1 rings (SSSR count). The lowest BCUT2D eigenvalue weighted by Crippen LogP contribution is -2.17. The van der Waals surface area contributed by atoms with Crippen molar-refractivity contribution in [3.63, 3.8) is 0 Å². The van der Waals surface area contributed by atoms with E-state index >= 15 is 0 Å². The molecule has 24 heavy (non-hydrogen) atoms. The quantitative estimate of drug-likeness (QED) is 0.308. The summed E-state index contributed by atoms with van der Waals surface area (Å²) in [6.45, 7) is 8.97. The summed E-state index contributed by atoms with van der Waals surface area (Å²) >= 11 is 0. The summed E-state index contributed by atoms with van der Waals surface area (Å²) in [5.74, 6) is 0. The molecule has 0 aromatic carbocycles. The highest BCUT2D eigenvalue weighted by Crippen LogP contribution is 2.20. The van der Waals surface area contributed by atoms with Crippen molar-refractivity contribution in [1.29, 1.82) is 0 Å². The zero-order valence-electron chi connectivity index (χ0n) is 17.1. The second-order valence-electron chi connectivity index (χ2n) is 7.09. The van der Waals surface area contributed by atoms with Crippen LogP contribution in [0.25, 0.3) is 0 Å². The summed E-state index contributed by atoms with van der Waals surface area (Å²) in [6, 6.07) is 0. The van der Waals surface area contributed by atoms with Gasteiger partial charge in [-0.3, -0.25) is 0 Å². The standard InChI is InChI=1S/C18H36O.C4H10O/c1-2-3-4-5-6-7-8-9-10-14-17-19-18-15-12-11-13-16-18;1-3-5-4-2/h18H,2-17H2,1H3;3-4H2,1-2H3. The molecular formula is C22H46O2. The van der Waals surface area contributed by atoms with Gasteiger partial charge < -0.3 is 9.47 Å². The molecule has 0 spiro atoms. The van der Waals surface area contributed by atoms with E-state index in [1.54, 1.807) is 0 Å². The molecule has 1 aliphatic carbocycles. The van der Waals surface area contributed by atoms with Crippen LogP contribution in [0.5, 0.6) is 0 Å². The minimum atomic E-state index is 0.604. The molecule has 2 heteroatoms. The molecule has 146 valence electrons. The van der Waals surface area contributed by atoms with E-state index in [9.17, 15) is 0 Å². The molecule has 0 amide bonds. The average Bonchev–Trinajstić information content (AvgIpc) is 2.62. The van der Waals surface area contributed by atoms with E-state index in [0.717, 1.165) is 19.8 Å². The van der Waals surface area contributed by atoms with Crippen LogP contribution < -0.4 is 0 Å². The number of hydrogen-bond acceptors (Lipinski definition) is 2. The molecule has 1 fully saturated rings. The molecule has 0 bridgehead atoms. The van der Waals surface area contributed by atoms with E-state index in [4.69, 9.17) is 9.47 Å². The van der Waals surface area contributed by atoms with Crippen LogP contribution in [0.4, 0.5) is 0 Å². The maximum absolute atomic E-state index is 5.95. The molecule has 0 N–H and O–H groups in total. The van der Waals surface area contributed by atoms with Gasteiger partial charge in [-0.1, -0.05) is 84.0 Å². The first-order chi connectivity index (χ1) is 11.8. The van der Waals surface area contributed by atoms with Gasteiger partial charge in [0.05, 0.1) is 6.10 Å². The molecule has 0 heterocycles. The Morgan fingerprint density at radius 1 is 0.625 bits per heavy atom. The van der Waals surface area contributed by atoms with Crippen LogP contribution in [0.15, 0.2) is 0 Å². The highest BCUT2D eigenvalue weighted by Gasteiger charge is 2.12. The van der Waals surface area contributed by atoms with Crippen LogP contribution in [-0.2, 0) is 9.47 Å². The number of rotatable bonds is 14. The van der Waals surface area contributed by atoms with Gasteiger partial charge in [0, 0.05) is 19.8 Å². The summed E-state index contributed by atoms with van der Waals surface area (Å²) in [7, 11) is 0. The molecule has 0 aromatic heterocycles. The topological polar surface area (TPSA) is 18.5 Å². The van der Waals surface area contributed by atoms with Crippen LogP contribution in [0, 0.1) is 0 Å². The van der Waals surface area contributed by atoms with Crippen molar-refractivity contribution in [3.8, 4) is 0 Å². The smallest absolute Gasteiger partial charge is 0.0575 e. The Morgan fingerprint density at radius 3 is 1.58 bits per heavy atom. The van der Waals surface area contributed by atoms with Crippen molar-refractivity contribution in [2.24, 2.45) is 0 Å². The maximum atomic E-state index is 5.95. The lowest BCUT2D eigenvalue weighted by Gasteiger charge is -2.21. The third-order valence-corrected chi connectivity index (χ3v) is 4.81. The Kier molecular flexibility index (Phi) is 20.9. The molecule has 0 unspecified atom stereocenters. The first-order valence-electron chi connectivity index (χ1n) is 11.0. The summed E-state index contributed by atoms with van der Waals surface area (Å²) in [4.78, 5) is 0. The summed E-state index contributed by atoms with van der Waals surface area (Å²) < 4.78 is 10.8. The molecule has 2 nitrogen and oxygen atoms in total. The van der Waals surface area contributed by atoms with Crippen LogP contribution in [0.3, 0.4) is 0 Å². The van der Waals surface area contributed by atoms with Crippen molar-refractivity contribution < 1.29 is 9.47 Å². The van der Waals surface area contributed by atoms with Gasteiger partial charge in [0.1, 0.15) is 0 Å². The fourth-order valence-corrected chi connectivity index (χ4v) is 3.28. The normalized spacial score (nSPS) is 15.1. The molecule has 1 saturated carbocycles. The minimum absolute atomic E-state index is 0.604. The summed E-state index contributed by atoms with van der Waals surface area (Å²) in [5.41, 5.74) is 0. The van der Waals surface area contributed by atoms with Crippen LogP contribution in [0.2, 0.25) is 0 Å². The highest BCUT2D eigenvalue weighted by atomic mass is 16.5. The Hall–Kier alpha value is -0.0800. The molecule has 0 atom stereocenters. The second kappa shape index (κ2) is 21.0. The Bertz CT molecular complexity index is 210. The van der Waals surface area contributed by atoms with Gasteiger partial charge in [-0.2, -0.15) is 0 Å². The van der Waals surface area contributed by atoms with Gasteiger partial charge in [0.15, 0.2) is 0 Å². The minimum Gasteiger partial charge on any atom is -0.382 e. The van der Waals surface area contributed by atoms with E-state index < -0.39 is 0 Å². The molecule has 0 radical (unpaired) electrons. The first-order valence-corrected chi connectivity index (χ1v) is 11.0. The number of ether oxygens (including phenoxy) is 2. The van der Waals surface area contributed by atoms with E-state index in [1.165, 1.54) is 96.3 Å². The van der Waals surface area contributed by atoms with Gasteiger partial charge in [-0.05, 0) is 33.1 Å². The van der Waals surface area contributed by atoms with Gasteiger partial charge in [0.25, 0.3) is 0 Å². The average molecular weight is 343 g/mol. The molecule has 1 aliphatic rings. The molecule has 0 aromatic rings. The monoisotopic (exact) mass is 342 g/mol. The lowest BCUT2D eigenvalue weighted by atomic mass is 9.98. The Balaban J connectivity index is 0.000000922. The second-order valence-corrected chi connectivity index (χ2v) is 7.09. The maximum Gasteiger partial charge on any atom is 0.0575 e. The first kappa shape index (κ1) is 23.9. The fourth-order valence-electron chi connectivity index (χ4n) is 3.28. The van der Waals surface area contributed by atoms with Gasteiger partial charge in [-0.15, -0.1) is 0 Å². The fraction of sp³-hybridized carbons (Fsp3) is 1.00. The Morgan fingerprint density at radius 2 is 1.12 bits per heavy atom. The zero-order chi connectivity index (χ0) is 17.7. The van der Waals surface area contributed by atoms with Crippen molar-refractivity contribution in [3.05, 3.63) is 0 Å². The number of hydrogen-bond donors (Lipinski definition) is 0. The summed E-state index contributed by atoms with van der Waals surface area (Å²) in [6.07, 6.45) is 21.6. The predicted molar refractivity (Wildman–Crippen MR) is 107 cm³/mol. The van der Waals surface area contributed by atoms with Crippen molar-refractivity contribution >= 4 is 0 Å². The van der Waals surface area contributed by atoms with Gasteiger partial charge >= 0.3 is 0 Å². The molecule has 0 aliphatic heterocycles. The third kappa shape index (κ3) is 18.3. The van der Waals surface area contributed by atoms with Gasteiger partial charge in [-0.25, -0.2) is 0 Å². The van der Waals surface area contributed by atoms with Gasteiger partial charge in [0.2, 0.25) is 0 Å². The van der Waals surface area contributed by atoms with Crippen LogP contribution in [0.1, 0.15) is 117 Å². The molecule has 0 saturated heterocycles. The van der Waals surface area contributed by atoms with Crippen LogP contribution in [-0.4, -0.2) is 25.9 Å². The largest absolute Gasteiger partial charge is 0.382 e. The Labute approximate surface area is 153 Å². The SMILES string of the molecule is CCCCCCCCCCCCOC1CCCCC1.CCOCC. The van der Waals surface area contributed by atoms with E-state index in [1.807, 2.05) is 13.8 Å². The molecular weight excluding hydrogens is 296 g/mol. The third-order valence-electron chi connectivity index (χ3n) is 4.81. The van der Waals surface area contributed by atoms with E-state index in [2.05, 4.69) is 6.92 Å². The van der Waals surface area contributed by atoms with Crippen LogP contribution >= 0.6 is 0 Å². The van der Waals surface area contributed by atoms with E-state index in [-0.39, 0.29) is 0 Å². The number of unbranched alkanes of at least 4 members (excludes halogenated alkanes) is 9. The van der Waals surface area contributed by atoms with Crippen molar-refractivity contribution in [2.45, 2.75) is 123 Å². The summed E-state index contributed by atoms with van der Waals surface area (Å²) in [5, 5.41) is 0. The van der Waals surface area contributed by atoms with Crippen molar-refractivity contribution in [1.82, 2.24) is 0 Å². The van der Waals surface area contributed by atoms with E-state index in [0.29, 0.717) is 6.10 Å². The predicted octanol–water partition coefficient (Wildman–Crippen LogP) is 7.30. The lowest BCUT2D eigenvalue weighted by molar-refractivity contribution is 0.0263. The zero-order valence-corrected chi connectivity index (χ0v) is 17.1.